The number of hydroxylamine groups is 1. The Labute approximate surface area is 168 Å². The van der Waals surface area contributed by atoms with Gasteiger partial charge < -0.3 is 20.1 Å². The number of halogens is 3. The summed E-state index contributed by atoms with van der Waals surface area (Å²) in [7, 11) is 0. The van der Waals surface area contributed by atoms with Gasteiger partial charge in [0.15, 0.2) is 18.3 Å². The summed E-state index contributed by atoms with van der Waals surface area (Å²) in [6.45, 7) is -0.878. The quantitative estimate of drug-likeness (QED) is 0.684. The number of aliphatic imine (C=N–C) groups is 1. The molecule has 0 aromatic heterocycles. The van der Waals surface area contributed by atoms with E-state index in [-0.39, 0.29) is 5.69 Å². The summed E-state index contributed by atoms with van der Waals surface area (Å²) in [5, 5.41) is 6.14. The summed E-state index contributed by atoms with van der Waals surface area (Å²) in [5.74, 6) is -1.58. The van der Waals surface area contributed by atoms with E-state index in [1.807, 2.05) is 25.1 Å². The van der Waals surface area contributed by atoms with E-state index in [0.29, 0.717) is 12.6 Å². The van der Waals surface area contributed by atoms with Crippen molar-refractivity contribution in [3.8, 4) is 11.5 Å². The van der Waals surface area contributed by atoms with Crippen LogP contribution in [0.3, 0.4) is 0 Å². The zero-order chi connectivity index (χ0) is 20.9. The molecule has 2 aromatic carbocycles. The largest absolute Gasteiger partial charge is 0.471 e. The average Bonchev–Trinajstić information content (AvgIpc) is 3.28. The topological polar surface area (TPSA) is 79.4 Å². The van der Waals surface area contributed by atoms with Crippen LogP contribution in [-0.2, 0) is 4.84 Å². The normalized spacial score (nSPS) is 21.3. The Hall–Kier alpha value is -3.60. The molecule has 0 amide bonds. The maximum atomic E-state index is 14.2. The summed E-state index contributed by atoms with van der Waals surface area (Å²) in [5.41, 5.74) is 5.46. The van der Waals surface area contributed by atoms with Gasteiger partial charge in [0, 0.05) is 23.5 Å². The number of nitrogens with zero attached hydrogens (tertiary/aromatic N) is 2. The lowest BCUT2D eigenvalue weighted by molar-refractivity contribution is -0.0522. The van der Waals surface area contributed by atoms with Crippen LogP contribution in [0.25, 0.3) is 0 Å². The fourth-order valence-electron chi connectivity index (χ4n) is 3.44. The lowest BCUT2D eigenvalue weighted by Crippen LogP contribution is -2.51. The van der Waals surface area contributed by atoms with Gasteiger partial charge in [-0.05, 0) is 37.3 Å². The SMILES string of the molecule is CC1=C2NOC(Nc3ccc(OC(F)F)c(F)c3)(N=C1)N2c1ccc2c(c1)NCO2. The molecule has 1 saturated heterocycles. The van der Waals surface area contributed by atoms with Crippen LogP contribution >= 0.6 is 0 Å². The third kappa shape index (κ3) is 2.94. The summed E-state index contributed by atoms with van der Waals surface area (Å²) >= 11 is 0. The number of anilines is 3. The zero-order valence-electron chi connectivity index (χ0n) is 15.6. The molecule has 2 bridgehead atoms. The molecule has 0 aliphatic carbocycles. The number of fused-ring (bicyclic) bond motifs is 3. The molecular formula is C19H16F3N5O3. The van der Waals surface area contributed by atoms with Crippen LogP contribution in [0.2, 0.25) is 0 Å². The zero-order valence-corrected chi connectivity index (χ0v) is 15.6. The molecule has 3 N–H and O–H groups in total. The number of allylic oxidation sites excluding steroid dienone is 1. The van der Waals surface area contributed by atoms with Gasteiger partial charge in [0.1, 0.15) is 11.6 Å². The predicted octanol–water partition coefficient (Wildman–Crippen LogP) is 3.57. The molecule has 5 rings (SSSR count). The second kappa shape index (κ2) is 6.73. The molecule has 30 heavy (non-hydrogen) atoms. The maximum absolute atomic E-state index is 14.2. The van der Waals surface area contributed by atoms with Gasteiger partial charge in [0.05, 0.1) is 11.4 Å². The Morgan fingerprint density at radius 1 is 1.27 bits per heavy atom. The standard InChI is InChI=1S/C19H16F3N5O3/c1-10-8-24-19(25-11-2-4-15(13(20)6-11)29-18(21)22)27(17(10)26-30-19)12-3-5-16-14(7-12)23-9-28-16/h2-8,18,23,25-26H,9H2,1H3. The molecule has 0 radical (unpaired) electrons. The van der Waals surface area contributed by atoms with E-state index < -0.39 is 24.2 Å². The van der Waals surface area contributed by atoms with E-state index in [9.17, 15) is 13.2 Å². The van der Waals surface area contributed by atoms with Crippen molar-refractivity contribution in [3.63, 3.8) is 0 Å². The second-order valence-corrected chi connectivity index (χ2v) is 6.73. The summed E-state index contributed by atoms with van der Waals surface area (Å²) in [6, 6.07) is 9.08. The highest BCUT2D eigenvalue weighted by molar-refractivity contribution is 5.85. The first-order chi connectivity index (χ1) is 14.4. The first-order valence-corrected chi connectivity index (χ1v) is 8.99. The molecule has 1 fully saturated rings. The van der Waals surface area contributed by atoms with Crippen LogP contribution in [0, 0.1) is 5.82 Å². The lowest BCUT2D eigenvalue weighted by Gasteiger charge is -2.36. The van der Waals surface area contributed by atoms with Gasteiger partial charge in [-0.1, -0.05) is 0 Å². The van der Waals surface area contributed by atoms with Crippen molar-refractivity contribution in [2.45, 2.75) is 19.5 Å². The van der Waals surface area contributed by atoms with Crippen LogP contribution < -0.4 is 30.5 Å². The van der Waals surface area contributed by atoms with Crippen molar-refractivity contribution in [2.75, 3.05) is 22.3 Å². The third-order valence-corrected chi connectivity index (χ3v) is 4.79. The number of hydrogen-bond donors (Lipinski definition) is 3. The number of hydrogen-bond acceptors (Lipinski definition) is 8. The Bertz CT molecular complexity index is 1080. The first-order valence-electron chi connectivity index (χ1n) is 8.99. The lowest BCUT2D eigenvalue weighted by atomic mass is 10.2. The van der Waals surface area contributed by atoms with E-state index >= 15 is 0 Å². The van der Waals surface area contributed by atoms with Gasteiger partial charge in [0.2, 0.25) is 0 Å². The van der Waals surface area contributed by atoms with Crippen LogP contribution in [0.4, 0.5) is 30.2 Å². The van der Waals surface area contributed by atoms with E-state index in [1.54, 1.807) is 11.1 Å². The smallest absolute Gasteiger partial charge is 0.387 e. The van der Waals surface area contributed by atoms with Crippen LogP contribution in [0.15, 0.2) is 52.8 Å². The van der Waals surface area contributed by atoms with E-state index in [2.05, 4.69) is 25.8 Å². The third-order valence-electron chi connectivity index (χ3n) is 4.79. The predicted molar refractivity (Wildman–Crippen MR) is 103 cm³/mol. The number of ether oxygens (including phenoxy) is 2. The maximum Gasteiger partial charge on any atom is 0.387 e. The average molecular weight is 419 g/mol. The molecule has 0 saturated carbocycles. The van der Waals surface area contributed by atoms with Crippen LogP contribution in [0.5, 0.6) is 11.5 Å². The fourth-order valence-corrected chi connectivity index (χ4v) is 3.44. The Kier molecular flexibility index (Phi) is 4.13. The number of rotatable bonds is 5. The monoisotopic (exact) mass is 419 g/mol. The van der Waals surface area contributed by atoms with Gasteiger partial charge in [-0.15, -0.1) is 0 Å². The molecule has 3 aliphatic heterocycles. The van der Waals surface area contributed by atoms with E-state index in [4.69, 9.17) is 9.57 Å². The number of nitrogens with one attached hydrogen (secondary N) is 3. The van der Waals surface area contributed by atoms with Crippen molar-refractivity contribution in [3.05, 3.63) is 53.6 Å². The summed E-state index contributed by atoms with van der Waals surface area (Å²) in [4.78, 5) is 12.0. The van der Waals surface area contributed by atoms with Crippen molar-refractivity contribution < 1.29 is 27.5 Å². The van der Waals surface area contributed by atoms with Gasteiger partial charge in [0.25, 0.3) is 0 Å². The van der Waals surface area contributed by atoms with Gasteiger partial charge >= 0.3 is 12.6 Å². The minimum atomic E-state index is -3.12. The highest BCUT2D eigenvalue weighted by Crippen LogP contribution is 2.42. The minimum absolute atomic E-state index is 0.251. The van der Waals surface area contributed by atoms with Gasteiger partial charge in [-0.25, -0.2) is 19.7 Å². The molecule has 3 heterocycles. The molecule has 0 spiro atoms. The Morgan fingerprint density at radius 3 is 2.93 bits per heavy atom. The molecular weight excluding hydrogens is 403 g/mol. The molecule has 1 atom stereocenters. The number of benzene rings is 2. The Morgan fingerprint density at radius 2 is 2.13 bits per heavy atom. The molecule has 3 aliphatic rings. The molecule has 11 heteroatoms. The highest BCUT2D eigenvalue weighted by atomic mass is 19.3. The molecule has 2 aromatic rings. The first kappa shape index (κ1) is 18.4. The van der Waals surface area contributed by atoms with E-state index in [1.165, 1.54) is 6.07 Å². The van der Waals surface area contributed by atoms with Crippen molar-refractivity contribution in [2.24, 2.45) is 4.99 Å². The summed E-state index contributed by atoms with van der Waals surface area (Å²) in [6.07, 6.45) is 1.62. The number of alkyl halides is 2. The van der Waals surface area contributed by atoms with Crippen LogP contribution in [0.1, 0.15) is 6.92 Å². The molecule has 1 unspecified atom stereocenters. The second-order valence-electron chi connectivity index (χ2n) is 6.73. The van der Waals surface area contributed by atoms with Crippen molar-refractivity contribution >= 4 is 23.3 Å². The molecule has 8 nitrogen and oxygen atoms in total. The highest BCUT2D eigenvalue weighted by Gasteiger charge is 2.49. The summed E-state index contributed by atoms with van der Waals surface area (Å²) < 4.78 is 48.6. The van der Waals surface area contributed by atoms with Crippen molar-refractivity contribution in [1.82, 2.24) is 5.48 Å². The Balaban J connectivity index is 1.50. The van der Waals surface area contributed by atoms with Crippen molar-refractivity contribution in [1.29, 1.82) is 0 Å². The minimum Gasteiger partial charge on any atom is -0.471 e. The van der Waals surface area contributed by atoms with Gasteiger partial charge in [-0.2, -0.15) is 8.78 Å². The molecule has 156 valence electrons. The van der Waals surface area contributed by atoms with E-state index in [0.717, 1.165) is 34.8 Å². The van der Waals surface area contributed by atoms with Gasteiger partial charge in [-0.3, -0.25) is 4.90 Å². The van der Waals surface area contributed by atoms with Crippen LogP contribution in [-0.4, -0.2) is 25.5 Å². The fraction of sp³-hybridized carbons (Fsp3) is 0.211.